The molecule has 1 saturated carbocycles. The number of unbranched alkanes of at least 4 members (excludes halogenated alkanes) is 1. The van der Waals surface area contributed by atoms with E-state index in [9.17, 15) is 19.8 Å². The van der Waals surface area contributed by atoms with E-state index in [4.69, 9.17) is 16.7 Å². The summed E-state index contributed by atoms with van der Waals surface area (Å²) in [4.78, 5) is 25.8. The summed E-state index contributed by atoms with van der Waals surface area (Å²) < 4.78 is 0. The number of carbonyl (C=O) groups excluding carboxylic acids is 2. The van der Waals surface area contributed by atoms with Crippen LogP contribution in [-0.2, 0) is 16.0 Å². The highest BCUT2D eigenvalue weighted by atomic mass is 35.5. The van der Waals surface area contributed by atoms with Gasteiger partial charge in [0.25, 0.3) is 0 Å². The number of carbonyl (C=O) groups is 2. The molecule has 0 aliphatic heterocycles. The summed E-state index contributed by atoms with van der Waals surface area (Å²) in [5, 5.41) is 30.1. The predicted octanol–water partition coefficient (Wildman–Crippen LogP) is 4.03. The van der Waals surface area contributed by atoms with E-state index in [-0.39, 0.29) is 23.4 Å². The number of halogens is 1. The zero-order valence-corrected chi connectivity index (χ0v) is 19.1. The van der Waals surface area contributed by atoms with Gasteiger partial charge in [-0.3, -0.25) is 9.59 Å². The zero-order chi connectivity index (χ0) is 22.1. The van der Waals surface area contributed by atoms with Crippen LogP contribution >= 0.6 is 22.9 Å². The Labute approximate surface area is 187 Å². The Bertz CT molecular complexity index is 710. The van der Waals surface area contributed by atoms with Crippen LogP contribution in [0.25, 0.3) is 0 Å². The third kappa shape index (κ3) is 7.89. The van der Waals surface area contributed by atoms with Crippen LogP contribution in [0, 0.1) is 18.8 Å². The first kappa shape index (κ1) is 25.2. The number of aliphatic hydroxyl groups is 3. The van der Waals surface area contributed by atoms with Crippen molar-refractivity contribution in [1.29, 1.82) is 0 Å². The molecule has 3 N–H and O–H groups in total. The fourth-order valence-electron chi connectivity index (χ4n) is 4.12. The summed E-state index contributed by atoms with van der Waals surface area (Å²) in [5.74, 6) is -0.373. The lowest BCUT2D eigenvalue weighted by molar-refractivity contribution is -0.122. The SMILES string of the molecule is Cc1sc(CCCC(=O)C[C@H]2[C@@H](CC=CCCCC(=O)CO)[C@@H](O)C[C@H]2O)cc1Cl. The maximum atomic E-state index is 12.5. The summed E-state index contributed by atoms with van der Waals surface area (Å²) in [7, 11) is 0. The van der Waals surface area contributed by atoms with Crippen LogP contribution in [0.5, 0.6) is 0 Å². The highest BCUT2D eigenvalue weighted by Gasteiger charge is 2.41. The summed E-state index contributed by atoms with van der Waals surface area (Å²) in [6, 6.07) is 1.96. The second-order valence-electron chi connectivity index (χ2n) is 8.21. The lowest BCUT2D eigenvalue weighted by Gasteiger charge is -2.21. The Balaban J connectivity index is 1.75. The Morgan fingerprint density at radius 2 is 1.83 bits per heavy atom. The third-order valence-electron chi connectivity index (χ3n) is 5.85. The van der Waals surface area contributed by atoms with Gasteiger partial charge in [-0.1, -0.05) is 23.8 Å². The summed E-state index contributed by atoms with van der Waals surface area (Å²) in [6.45, 7) is 1.57. The maximum Gasteiger partial charge on any atom is 0.158 e. The summed E-state index contributed by atoms with van der Waals surface area (Å²) in [5.41, 5.74) is 0. The molecule has 0 bridgehead atoms. The quantitative estimate of drug-likeness (QED) is 0.307. The van der Waals surface area contributed by atoms with Crippen LogP contribution in [0.1, 0.15) is 61.1 Å². The van der Waals surface area contributed by atoms with Gasteiger partial charge in [0.05, 0.1) is 17.2 Å². The Hall–Kier alpha value is -1.05. The number of hydrogen-bond acceptors (Lipinski definition) is 6. The number of ketones is 2. The van der Waals surface area contributed by atoms with Crippen molar-refractivity contribution in [2.24, 2.45) is 11.8 Å². The number of aryl methyl sites for hydroxylation is 2. The van der Waals surface area contributed by atoms with Gasteiger partial charge in [0.15, 0.2) is 5.78 Å². The van der Waals surface area contributed by atoms with Gasteiger partial charge in [0.2, 0.25) is 0 Å². The van der Waals surface area contributed by atoms with Crippen LogP contribution in [0.3, 0.4) is 0 Å². The maximum absolute atomic E-state index is 12.5. The highest BCUT2D eigenvalue weighted by molar-refractivity contribution is 7.12. The van der Waals surface area contributed by atoms with Crippen LogP contribution < -0.4 is 0 Å². The first-order valence-electron chi connectivity index (χ1n) is 10.7. The molecule has 0 spiro atoms. The average molecular weight is 457 g/mol. The van der Waals surface area contributed by atoms with E-state index in [1.54, 1.807) is 11.3 Å². The van der Waals surface area contributed by atoms with E-state index >= 15 is 0 Å². The molecule has 4 atom stereocenters. The highest BCUT2D eigenvalue weighted by Crippen LogP contribution is 2.38. The van der Waals surface area contributed by atoms with Crippen molar-refractivity contribution in [3.63, 3.8) is 0 Å². The van der Waals surface area contributed by atoms with Gasteiger partial charge in [0.1, 0.15) is 12.4 Å². The molecule has 0 amide bonds. The fraction of sp³-hybridized carbons (Fsp3) is 0.652. The molecule has 1 aromatic rings. The number of thiophene rings is 1. The zero-order valence-electron chi connectivity index (χ0n) is 17.6. The summed E-state index contributed by atoms with van der Waals surface area (Å²) in [6.07, 6.45) is 7.73. The van der Waals surface area contributed by atoms with Gasteiger partial charge < -0.3 is 15.3 Å². The van der Waals surface area contributed by atoms with E-state index < -0.39 is 18.8 Å². The number of hydrogen-bond donors (Lipinski definition) is 3. The van der Waals surface area contributed by atoms with Crippen LogP contribution in [0.2, 0.25) is 5.02 Å². The van der Waals surface area contributed by atoms with Crippen LogP contribution in [0.15, 0.2) is 18.2 Å². The topological polar surface area (TPSA) is 94.8 Å². The van der Waals surface area contributed by atoms with Crippen LogP contribution in [-0.4, -0.2) is 45.7 Å². The smallest absolute Gasteiger partial charge is 0.158 e. The van der Waals surface area contributed by atoms with Gasteiger partial charge >= 0.3 is 0 Å². The largest absolute Gasteiger partial charge is 0.393 e. The van der Waals surface area contributed by atoms with Crippen molar-refractivity contribution in [2.75, 3.05) is 6.61 Å². The molecular formula is C23H33ClO5S. The van der Waals surface area contributed by atoms with Crippen LogP contribution in [0.4, 0.5) is 0 Å². The van der Waals surface area contributed by atoms with Crippen molar-refractivity contribution in [3.05, 3.63) is 33.0 Å². The fourth-order valence-corrected chi connectivity index (χ4v) is 5.41. The van der Waals surface area contributed by atoms with E-state index in [1.807, 2.05) is 25.1 Å². The van der Waals surface area contributed by atoms with E-state index in [0.29, 0.717) is 38.5 Å². The van der Waals surface area contributed by atoms with E-state index in [2.05, 4.69) is 0 Å². The van der Waals surface area contributed by atoms with Gasteiger partial charge in [0, 0.05) is 29.0 Å². The molecule has 30 heavy (non-hydrogen) atoms. The monoisotopic (exact) mass is 456 g/mol. The molecule has 0 radical (unpaired) electrons. The summed E-state index contributed by atoms with van der Waals surface area (Å²) >= 11 is 7.74. The molecule has 1 aliphatic rings. The molecule has 0 unspecified atom stereocenters. The van der Waals surface area contributed by atoms with Crippen molar-refractivity contribution in [3.8, 4) is 0 Å². The molecule has 1 aromatic heterocycles. The molecule has 1 fully saturated rings. The Morgan fingerprint density at radius 1 is 1.13 bits per heavy atom. The lowest BCUT2D eigenvalue weighted by Crippen LogP contribution is -2.24. The number of rotatable bonds is 13. The molecule has 1 aliphatic carbocycles. The van der Waals surface area contributed by atoms with Gasteiger partial charge in [-0.15, -0.1) is 11.3 Å². The minimum atomic E-state index is -0.650. The van der Waals surface area contributed by atoms with E-state index in [1.165, 1.54) is 4.88 Å². The second-order valence-corrected chi connectivity index (χ2v) is 9.96. The molecule has 2 rings (SSSR count). The number of Topliss-reactive ketones (excluding diaryl/α,β-unsaturated/α-hetero) is 2. The Kier molecular flexibility index (Phi) is 10.7. The van der Waals surface area contributed by atoms with Gasteiger partial charge in [-0.2, -0.15) is 0 Å². The predicted molar refractivity (Wildman–Crippen MR) is 120 cm³/mol. The van der Waals surface area contributed by atoms with Crippen molar-refractivity contribution < 1.29 is 24.9 Å². The molecule has 168 valence electrons. The first-order chi connectivity index (χ1) is 14.3. The average Bonchev–Trinajstić information content (AvgIpc) is 3.15. The van der Waals surface area contributed by atoms with Gasteiger partial charge in [-0.25, -0.2) is 0 Å². The molecule has 0 saturated heterocycles. The van der Waals surface area contributed by atoms with E-state index in [0.717, 1.165) is 29.2 Å². The molecule has 5 nitrogen and oxygen atoms in total. The minimum Gasteiger partial charge on any atom is -0.393 e. The Morgan fingerprint density at radius 3 is 2.50 bits per heavy atom. The van der Waals surface area contributed by atoms with Crippen molar-refractivity contribution in [2.45, 2.75) is 76.9 Å². The van der Waals surface area contributed by atoms with Crippen molar-refractivity contribution in [1.82, 2.24) is 0 Å². The number of allylic oxidation sites excluding steroid dienone is 2. The number of aliphatic hydroxyl groups excluding tert-OH is 3. The molecule has 0 aromatic carbocycles. The normalized spacial score (nSPS) is 24.0. The first-order valence-corrected chi connectivity index (χ1v) is 11.9. The lowest BCUT2D eigenvalue weighted by atomic mass is 9.85. The molecular weight excluding hydrogens is 424 g/mol. The standard InChI is InChI=1S/C23H33ClO5S/c1-15-21(24)12-18(30-15)9-6-8-16(26)11-20-19(22(28)13-23(20)29)10-5-3-2-4-7-17(27)14-25/h3,5,12,19-20,22-23,25,28-29H,2,4,6-11,13-14H2,1H3/t19-,20+,22+,23-/m1/s1. The third-order valence-corrected chi connectivity index (χ3v) is 7.46. The minimum absolute atomic E-state index is 0.127. The van der Waals surface area contributed by atoms with Crippen molar-refractivity contribution >= 4 is 34.5 Å². The molecule has 7 heteroatoms. The van der Waals surface area contributed by atoms with Gasteiger partial charge in [-0.05, 0) is 63.4 Å². The second kappa shape index (κ2) is 12.7. The molecule has 1 heterocycles.